The van der Waals surface area contributed by atoms with Gasteiger partial charge in [-0.25, -0.2) is 9.59 Å². The summed E-state index contributed by atoms with van der Waals surface area (Å²) in [5.74, 6) is -1.89. The van der Waals surface area contributed by atoms with Gasteiger partial charge < -0.3 is 35.3 Å². The van der Waals surface area contributed by atoms with Crippen LogP contribution in [0.15, 0.2) is 42.5 Å². The summed E-state index contributed by atoms with van der Waals surface area (Å²) in [7, 11) is 0. The average Bonchev–Trinajstić information content (AvgIpc) is 2.86. The fourth-order valence-corrected chi connectivity index (χ4v) is 3.33. The van der Waals surface area contributed by atoms with Crippen molar-refractivity contribution in [3.05, 3.63) is 48.0 Å². The molecule has 36 heavy (non-hydrogen) atoms. The van der Waals surface area contributed by atoms with Gasteiger partial charge in [0, 0.05) is 13.0 Å². The number of ether oxygens (including phenoxy) is 3. The van der Waals surface area contributed by atoms with Crippen molar-refractivity contribution in [3.63, 3.8) is 0 Å². The van der Waals surface area contributed by atoms with Crippen molar-refractivity contribution in [1.29, 1.82) is 0 Å². The normalized spacial score (nSPS) is 20.8. The highest BCUT2D eigenvalue weighted by molar-refractivity contribution is 5.86. The van der Waals surface area contributed by atoms with E-state index in [-0.39, 0.29) is 70.7 Å². The van der Waals surface area contributed by atoms with Gasteiger partial charge in [-0.05, 0) is 25.3 Å². The van der Waals surface area contributed by atoms with E-state index in [4.69, 9.17) is 19.3 Å². The number of aliphatic hydroxyl groups excluding tert-OH is 1. The Bertz CT molecular complexity index is 877. The van der Waals surface area contributed by atoms with E-state index in [0.29, 0.717) is 0 Å². The summed E-state index contributed by atoms with van der Waals surface area (Å²) in [5.41, 5.74) is 0.811. The third-order valence-electron chi connectivity index (χ3n) is 5.22. The average molecular weight is 506 g/mol. The van der Waals surface area contributed by atoms with Gasteiger partial charge in [-0.3, -0.25) is 9.59 Å². The molecule has 1 aliphatic rings. The van der Waals surface area contributed by atoms with Gasteiger partial charge in [-0.2, -0.15) is 0 Å². The number of hydrogen-bond donors (Lipinski definition) is 4. The molecule has 3 atom stereocenters. The van der Waals surface area contributed by atoms with Crippen molar-refractivity contribution in [2.45, 2.75) is 44.9 Å². The van der Waals surface area contributed by atoms with Gasteiger partial charge in [-0.15, -0.1) is 0 Å². The third kappa shape index (κ3) is 11.3. The number of hydrogen-bond acceptors (Lipinski definition) is 8. The molecule has 0 aromatic heterocycles. The number of carbonyl (C=O) groups is 4. The summed E-state index contributed by atoms with van der Waals surface area (Å²) >= 11 is 0. The summed E-state index contributed by atoms with van der Waals surface area (Å²) in [6.07, 6.45) is 2.99. The van der Waals surface area contributed by atoms with Crippen LogP contribution >= 0.6 is 0 Å². The number of esters is 1. The van der Waals surface area contributed by atoms with Crippen LogP contribution in [-0.4, -0.2) is 74.0 Å². The minimum atomic E-state index is -0.965. The van der Waals surface area contributed by atoms with Gasteiger partial charge in [0.05, 0.1) is 31.8 Å². The van der Waals surface area contributed by atoms with Crippen molar-refractivity contribution >= 4 is 23.9 Å². The van der Waals surface area contributed by atoms with E-state index >= 15 is 0 Å². The lowest BCUT2D eigenvalue weighted by molar-refractivity contribution is -0.147. The molecule has 1 aliphatic heterocycles. The lowest BCUT2D eigenvalue weighted by atomic mass is 9.98. The number of aliphatic hydroxyl groups is 1. The van der Waals surface area contributed by atoms with E-state index in [1.807, 2.05) is 30.3 Å². The highest BCUT2D eigenvalue weighted by Crippen LogP contribution is 2.13. The Morgan fingerprint density at radius 3 is 2.64 bits per heavy atom. The van der Waals surface area contributed by atoms with Gasteiger partial charge >= 0.3 is 12.1 Å². The van der Waals surface area contributed by atoms with Crippen LogP contribution in [0.1, 0.15) is 31.7 Å². The molecule has 0 fully saturated rings. The van der Waals surface area contributed by atoms with E-state index < -0.39 is 30.1 Å². The molecule has 11 heteroatoms. The van der Waals surface area contributed by atoms with Crippen LogP contribution in [0.4, 0.5) is 4.79 Å². The second-order valence-corrected chi connectivity index (χ2v) is 8.33. The molecule has 0 spiro atoms. The summed E-state index contributed by atoms with van der Waals surface area (Å²) < 4.78 is 15.6. The molecule has 4 N–H and O–H groups in total. The van der Waals surface area contributed by atoms with Crippen LogP contribution in [0.25, 0.3) is 0 Å². The largest absolute Gasteiger partial charge is 0.462 e. The number of benzene rings is 1. The van der Waals surface area contributed by atoms with Crippen LogP contribution < -0.4 is 16.0 Å². The maximum atomic E-state index is 12.7. The maximum absolute atomic E-state index is 12.7. The molecule has 11 nitrogen and oxygen atoms in total. The minimum absolute atomic E-state index is 0.0316. The van der Waals surface area contributed by atoms with E-state index in [2.05, 4.69) is 16.0 Å². The molecule has 0 saturated heterocycles. The number of rotatable bonds is 10. The van der Waals surface area contributed by atoms with Crippen LogP contribution in [0.2, 0.25) is 0 Å². The quantitative estimate of drug-likeness (QED) is 0.207. The topological polar surface area (TPSA) is 152 Å². The summed E-state index contributed by atoms with van der Waals surface area (Å²) in [5, 5.41) is 16.7. The van der Waals surface area contributed by atoms with E-state index in [1.54, 1.807) is 19.1 Å². The summed E-state index contributed by atoms with van der Waals surface area (Å²) in [6, 6.07) is 7.69. The van der Waals surface area contributed by atoms with Crippen molar-refractivity contribution in [1.82, 2.24) is 16.0 Å². The Balaban J connectivity index is 1.93. The molecule has 198 valence electrons. The van der Waals surface area contributed by atoms with Crippen LogP contribution in [0.5, 0.6) is 0 Å². The molecule has 0 aliphatic carbocycles. The first-order valence-corrected chi connectivity index (χ1v) is 11.9. The Morgan fingerprint density at radius 2 is 1.89 bits per heavy atom. The molecule has 1 aromatic rings. The van der Waals surface area contributed by atoms with Crippen LogP contribution in [-0.2, 0) is 35.2 Å². The second kappa shape index (κ2) is 16.3. The molecule has 0 radical (unpaired) electrons. The zero-order valence-corrected chi connectivity index (χ0v) is 20.4. The fraction of sp³-hybridized carbons (Fsp3) is 0.520. The van der Waals surface area contributed by atoms with E-state index in [1.165, 1.54) is 0 Å². The molecule has 2 rings (SSSR count). The molecule has 1 aromatic carbocycles. The highest BCUT2D eigenvalue weighted by Gasteiger charge is 2.26. The number of amides is 3. The molecule has 3 unspecified atom stereocenters. The first-order chi connectivity index (χ1) is 17.4. The second-order valence-electron chi connectivity index (χ2n) is 8.33. The molecule has 0 saturated carbocycles. The summed E-state index contributed by atoms with van der Waals surface area (Å²) in [4.78, 5) is 49.7. The number of allylic oxidation sites excluding steroid dienone is 1. The smallest absolute Gasteiger partial charge is 0.408 e. The molecular weight excluding hydrogens is 470 g/mol. The lowest BCUT2D eigenvalue weighted by Gasteiger charge is -2.22. The standard InChI is InChI=1S/C25H35N3O8/c1-18-16-35-24(32)21(28-25(33)36-17-19-7-3-2-4-8-19)10-6-5-9-20(23(31)27-18)15-22(30)26-11-13-34-14-12-29/h2-8,18,20-21,29H,9-17H2,1H3,(H,26,30)(H,27,31)(H,28,33). The zero-order valence-electron chi connectivity index (χ0n) is 20.4. The molecule has 1 heterocycles. The monoisotopic (exact) mass is 505 g/mol. The Morgan fingerprint density at radius 1 is 1.14 bits per heavy atom. The minimum Gasteiger partial charge on any atom is -0.462 e. The van der Waals surface area contributed by atoms with Crippen molar-refractivity contribution in [2.75, 3.05) is 33.0 Å². The van der Waals surface area contributed by atoms with Crippen LogP contribution in [0.3, 0.4) is 0 Å². The van der Waals surface area contributed by atoms with Gasteiger partial charge in [0.15, 0.2) is 0 Å². The van der Waals surface area contributed by atoms with Gasteiger partial charge in [0.1, 0.15) is 19.3 Å². The SMILES string of the molecule is CC1COC(=O)C(NC(=O)OCc2ccccc2)CC=CCC(CC(=O)NCCOCCO)C(=O)N1. The Labute approximate surface area is 210 Å². The van der Waals surface area contributed by atoms with E-state index in [0.717, 1.165) is 5.56 Å². The Kier molecular flexibility index (Phi) is 13.0. The Hall–Kier alpha value is -3.44. The number of alkyl carbamates (subject to hydrolysis) is 1. The van der Waals surface area contributed by atoms with Gasteiger partial charge in [-0.1, -0.05) is 42.5 Å². The first-order valence-electron chi connectivity index (χ1n) is 11.9. The number of carbonyl (C=O) groups excluding carboxylic acids is 4. The number of cyclic esters (lactones) is 1. The fourth-order valence-electron chi connectivity index (χ4n) is 3.33. The predicted molar refractivity (Wildman–Crippen MR) is 130 cm³/mol. The zero-order chi connectivity index (χ0) is 26.2. The molecule has 3 amide bonds. The predicted octanol–water partition coefficient (Wildman–Crippen LogP) is 0.811. The van der Waals surface area contributed by atoms with Crippen molar-refractivity contribution < 1.29 is 38.5 Å². The maximum Gasteiger partial charge on any atom is 0.408 e. The van der Waals surface area contributed by atoms with Gasteiger partial charge in [0.2, 0.25) is 11.8 Å². The molecular formula is C25H35N3O8. The van der Waals surface area contributed by atoms with E-state index in [9.17, 15) is 19.2 Å². The van der Waals surface area contributed by atoms with Crippen LogP contribution in [0, 0.1) is 5.92 Å². The first kappa shape index (κ1) is 28.8. The summed E-state index contributed by atoms with van der Waals surface area (Å²) in [6.45, 7) is 2.27. The van der Waals surface area contributed by atoms with Gasteiger partial charge in [0.25, 0.3) is 0 Å². The molecule has 0 bridgehead atoms. The lowest BCUT2D eigenvalue weighted by Crippen LogP contribution is -2.45. The van der Waals surface area contributed by atoms with Crippen molar-refractivity contribution in [2.24, 2.45) is 5.92 Å². The van der Waals surface area contributed by atoms with Crippen molar-refractivity contribution in [3.8, 4) is 0 Å². The number of nitrogens with one attached hydrogen (secondary N) is 3. The highest BCUT2D eigenvalue weighted by atomic mass is 16.6. The third-order valence-corrected chi connectivity index (χ3v) is 5.22.